The molecule has 3 rings (SSSR count). The highest BCUT2D eigenvalue weighted by Gasteiger charge is 2.29. The maximum absolute atomic E-state index is 12.8. The zero-order chi connectivity index (χ0) is 18.5. The minimum Gasteiger partial charge on any atom is -0.341 e. The zero-order valence-electron chi connectivity index (χ0n) is 15.9. The first-order valence-corrected chi connectivity index (χ1v) is 10.8. The molecular formula is C20H31N3O2S. The minimum atomic E-state index is -0.473. The first kappa shape index (κ1) is 19.4. The number of hydrogen-bond donors (Lipinski definition) is 1. The van der Waals surface area contributed by atoms with Crippen molar-refractivity contribution < 1.29 is 9.59 Å². The van der Waals surface area contributed by atoms with E-state index in [-0.39, 0.29) is 11.8 Å². The molecule has 2 saturated heterocycles. The molecule has 0 spiro atoms. The summed E-state index contributed by atoms with van der Waals surface area (Å²) in [5.41, 5.74) is 0. The molecule has 2 aliphatic rings. The van der Waals surface area contributed by atoms with Gasteiger partial charge < -0.3 is 15.1 Å². The summed E-state index contributed by atoms with van der Waals surface area (Å²) in [5.74, 6) is 1.30. The first-order valence-electron chi connectivity index (χ1n) is 9.88. The molecule has 2 amide bonds. The quantitative estimate of drug-likeness (QED) is 0.858. The predicted molar refractivity (Wildman–Crippen MR) is 105 cm³/mol. The van der Waals surface area contributed by atoms with E-state index in [1.54, 1.807) is 13.0 Å². The lowest BCUT2D eigenvalue weighted by molar-refractivity contribution is -0.134. The molecule has 2 fully saturated rings. The van der Waals surface area contributed by atoms with Gasteiger partial charge in [-0.05, 0) is 69.0 Å². The maximum atomic E-state index is 12.8. The molecule has 5 nitrogen and oxygen atoms in total. The van der Waals surface area contributed by atoms with Crippen molar-refractivity contribution in [2.24, 2.45) is 11.8 Å². The standard InChI is InChI=1S/C20H31N3O2S/c1-15-7-10-22(11-8-15)13-17-5-3-9-23(14-17)20(25)16(2)21-19(24)18-6-4-12-26-18/h4,6,12,15-17H,3,5,7-11,13-14H2,1-2H3,(H,21,24). The molecule has 0 radical (unpaired) electrons. The van der Waals surface area contributed by atoms with Crippen LogP contribution in [0.3, 0.4) is 0 Å². The number of carbonyl (C=O) groups is 2. The number of hydrogen-bond acceptors (Lipinski definition) is 4. The Kier molecular flexibility index (Phi) is 6.70. The van der Waals surface area contributed by atoms with E-state index in [2.05, 4.69) is 17.1 Å². The van der Waals surface area contributed by atoms with Crippen LogP contribution in [-0.4, -0.2) is 60.4 Å². The fourth-order valence-electron chi connectivity index (χ4n) is 4.04. The summed E-state index contributed by atoms with van der Waals surface area (Å²) in [7, 11) is 0. The Hall–Kier alpha value is -1.40. The summed E-state index contributed by atoms with van der Waals surface area (Å²) in [6, 6.07) is 3.16. The van der Waals surface area contributed by atoms with Gasteiger partial charge in [0.25, 0.3) is 5.91 Å². The van der Waals surface area contributed by atoms with E-state index in [0.717, 1.165) is 32.0 Å². The number of piperidine rings is 2. The van der Waals surface area contributed by atoms with Crippen molar-refractivity contribution in [3.8, 4) is 0 Å². The van der Waals surface area contributed by atoms with Gasteiger partial charge in [-0.25, -0.2) is 0 Å². The average Bonchev–Trinajstić information content (AvgIpc) is 3.18. The van der Waals surface area contributed by atoms with E-state index in [0.29, 0.717) is 10.8 Å². The maximum Gasteiger partial charge on any atom is 0.261 e. The number of nitrogens with zero attached hydrogens (tertiary/aromatic N) is 2. The van der Waals surface area contributed by atoms with Crippen LogP contribution in [0.1, 0.15) is 49.2 Å². The fraction of sp³-hybridized carbons (Fsp3) is 0.700. The Morgan fingerprint density at radius 1 is 1.27 bits per heavy atom. The predicted octanol–water partition coefficient (Wildman–Crippen LogP) is 2.84. The molecule has 1 N–H and O–H groups in total. The third-order valence-corrected chi connectivity index (χ3v) is 6.55. The van der Waals surface area contributed by atoms with Gasteiger partial charge in [0, 0.05) is 19.6 Å². The van der Waals surface area contributed by atoms with Crippen molar-refractivity contribution in [3.63, 3.8) is 0 Å². The van der Waals surface area contributed by atoms with Crippen LogP contribution in [0.4, 0.5) is 0 Å². The summed E-state index contributed by atoms with van der Waals surface area (Å²) < 4.78 is 0. The van der Waals surface area contributed by atoms with Crippen LogP contribution in [0.25, 0.3) is 0 Å². The lowest BCUT2D eigenvalue weighted by Gasteiger charge is -2.38. The van der Waals surface area contributed by atoms with Gasteiger partial charge in [-0.3, -0.25) is 9.59 Å². The molecule has 1 aromatic rings. The van der Waals surface area contributed by atoms with Crippen LogP contribution in [0.5, 0.6) is 0 Å². The van der Waals surface area contributed by atoms with E-state index in [9.17, 15) is 9.59 Å². The van der Waals surface area contributed by atoms with Crippen molar-refractivity contribution in [1.29, 1.82) is 0 Å². The van der Waals surface area contributed by atoms with E-state index in [1.807, 2.05) is 16.3 Å². The lowest BCUT2D eigenvalue weighted by atomic mass is 9.94. The fourth-order valence-corrected chi connectivity index (χ4v) is 4.66. The smallest absolute Gasteiger partial charge is 0.261 e. The van der Waals surface area contributed by atoms with E-state index in [4.69, 9.17) is 0 Å². The third-order valence-electron chi connectivity index (χ3n) is 5.69. The molecule has 2 aliphatic heterocycles. The van der Waals surface area contributed by atoms with Crippen molar-refractivity contribution in [1.82, 2.24) is 15.1 Å². The number of likely N-dealkylation sites (tertiary alicyclic amines) is 2. The van der Waals surface area contributed by atoms with Gasteiger partial charge in [0.05, 0.1) is 4.88 Å². The molecule has 2 unspecified atom stereocenters. The normalized spacial score (nSPS) is 23.6. The van der Waals surface area contributed by atoms with Crippen molar-refractivity contribution in [2.45, 2.75) is 45.6 Å². The number of carbonyl (C=O) groups excluding carboxylic acids is 2. The molecule has 3 heterocycles. The van der Waals surface area contributed by atoms with Gasteiger partial charge in [0.2, 0.25) is 5.91 Å². The molecule has 6 heteroatoms. The second-order valence-corrected chi connectivity index (χ2v) is 8.90. The van der Waals surface area contributed by atoms with Crippen molar-refractivity contribution in [2.75, 3.05) is 32.7 Å². The second kappa shape index (κ2) is 9.00. The third kappa shape index (κ3) is 5.07. The summed E-state index contributed by atoms with van der Waals surface area (Å²) in [5, 5.41) is 4.72. The van der Waals surface area contributed by atoms with Gasteiger partial charge in [-0.1, -0.05) is 13.0 Å². The molecular weight excluding hydrogens is 346 g/mol. The molecule has 0 bridgehead atoms. The van der Waals surface area contributed by atoms with Gasteiger partial charge in [-0.2, -0.15) is 0 Å². The Labute approximate surface area is 160 Å². The largest absolute Gasteiger partial charge is 0.341 e. The average molecular weight is 378 g/mol. The van der Waals surface area contributed by atoms with Crippen molar-refractivity contribution >= 4 is 23.2 Å². The Morgan fingerprint density at radius 2 is 2.04 bits per heavy atom. The Morgan fingerprint density at radius 3 is 2.73 bits per heavy atom. The van der Waals surface area contributed by atoms with Gasteiger partial charge in [-0.15, -0.1) is 11.3 Å². The molecule has 26 heavy (non-hydrogen) atoms. The monoisotopic (exact) mass is 377 g/mol. The molecule has 2 atom stereocenters. The second-order valence-electron chi connectivity index (χ2n) is 7.95. The van der Waals surface area contributed by atoms with Crippen LogP contribution >= 0.6 is 11.3 Å². The zero-order valence-corrected chi connectivity index (χ0v) is 16.8. The van der Waals surface area contributed by atoms with Crippen molar-refractivity contribution in [3.05, 3.63) is 22.4 Å². The summed E-state index contributed by atoms with van der Waals surface area (Å²) in [6.45, 7) is 9.26. The molecule has 1 aromatic heterocycles. The van der Waals surface area contributed by atoms with Gasteiger partial charge in [0.1, 0.15) is 6.04 Å². The van der Waals surface area contributed by atoms with Crippen LogP contribution in [-0.2, 0) is 4.79 Å². The highest BCUT2D eigenvalue weighted by Crippen LogP contribution is 2.22. The highest BCUT2D eigenvalue weighted by atomic mass is 32.1. The first-order chi connectivity index (χ1) is 12.5. The van der Waals surface area contributed by atoms with Crippen LogP contribution < -0.4 is 5.32 Å². The molecule has 0 aliphatic carbocycles. The number of nitrogens with one attached hydrogen (secondary N) is 1. The number of amides is 2. The van der Waals surface area contributed by atoms with Gasteiger partial charge in [0.15, 0.2) is 0 Å². The molecule has 144 valence electrons. The SMILES string of the molecule is CC1CCN(CC2CCCN(C(=O)C(C)NC(=O)c3cccs3)C2)CC1. The minimum absolute atomic E-state index is 0.0480. The van der Waals surface area contributed by atoms with Crippen LogP contribution in [0, 0.1) is 11.8 Å². The number of thiophene rings is 1. The topological polar surface area (TPSA) is 52.6 Å². The van der Waals surface area contributed by atoms with Crippen LogP contribution in [0.2, 0.25) is 0 Å². The van der Waals surface area contributed by atoms with E-state index < -0.39 is 6.04 Å². The summed E-state index contributed by atoms with van der Waals surface area (Å²) in [4.78, 5) is 30.1. The lowest BCUT2D eigenvalue weighted by Crippen LogP contribution is -2.51. The number of rotatable bonds is 5. The Balaban J connectivity index is 1.48. The Bertz CT molecular complexity index is 596. The molecule has 0 saturated carbocycles. The summed E-state index contributed by atoms with van der Waals surface area (Å²) >= 11 is 1.40. The van der Waals surface area contributed by atoms with E-state index >= 15 is 0 Å². The van der Waals surface area contributed by atoms with E-state index in [1.165, 1.54) is 43.7 Å². The van der Waals surface area contributed by atoms with Gasteiger partial charge >= 0.3 is 0 Å². The highest BCUT2D eigenvalue weighted by molar-refractivity contribution is 7.12. The molecule has 0 aromatic carbocycles. The van der Waals surface area contributed by atoms with Crippen LogP contribution in [0.15, 0.2) is 17.5 Å². The summed E-state index contributed by atoms with van der Waals surface area (Å²) in [6.07, 6.45) is 4.85.